The molecule has 0 fully saturated rings. The Hall–Kier alpha value is -3.59. The Labute approximate surface area is 169 Å². The summed E-state index contributed by atoms with van der Waals surface area (Å²) in [5.74, 6) is 0.551. The van der Waals surface area contributed by atoms with E-state index in [1.54, 1.807) is 24.3 Å². The van der Waals surface area contributed by atoms with Crippen LogP contribution in [0.4, 0.5) is 0 Å². The molecule has 0 spiro atoms. The molecule has 0 saturated carbocycles. The van der Waals surface area contributed by atoms with Crippen LogP contribution in [0.1, 0.15) is 47.6 Å². The fourth-order valence-electron chi connectivity index (χ4n) is 3.35. The molecule has 0 aliphatic heterocycles. The summed E-state index contributed by atoms with van der Waals surface area (Å²) in [6.07, 6.45) is 0. The highest BCUT2D eigenvalue weighted by Gasteiger charge is 2.19. The van der Waals surface area contributed by atoms with Crippen LogP contribution in [0.3, 0.4) is 0 Å². The quantitative estimate of drug-likeness (QED) is 0.715. The molecule has 6 nitrogen and oxygen atoms in total. The summed E-state index contributed by atoms with van der Waals surface area (Å²) >= 11 is 0. The van der Waals surface area contributed by atoms with E-state index in [1.165, 1.54) is 0 Å². The number of rotatable bonds is 5. The van der Waals surface area contributed by atoms with E-state index in [-0.39, 0.29) is 18.3 Å². The lowest BCUT2D eigenvalue weighted by Crippen LogP contribution is -2.38. The molecule has 3 rings (SSSR count). The first-order valence-electron chi connectivity index (χ1n) is 9.41. The number of nitrogens with one attached hydrogen (secondary N) is 1. The molecule has 148 valence electrons. The van der Waals surface area contributed by atoms with Crippen LogP contribution in [0.2, 0.25) is 0 Å². The Morgan fingerprint density at radius 1 is 1.10 bits per heavy atom. The van der Waals surface area contributed by atoms with Gasteiger partial charge in [0, 0.05) is 0 Å². The van der Waals surface area contributed by atoms with Crippen LogP contribution in [0.25, 0.3) is 0 Å². The van der Waals surface area contributed by atoms with Crippen molar-refractivity contribution in [2.45, 2.75) is 40.2 Å². The zero-order valence-corrected chi connectivity index (χ0v) is 16.9. The van der Waals surface area contributed by atoms with E-state index in [9.17, 15) is 14.9 Å². The monoisotopic (exact) mass is 389 g/mol. The number of aromatic nitrogens is 2. The van der Waals surface area contributed by atoms with Crippen LogP contribution in [-0.2, 0) is 6.54 Å². The minimum Gasteiger partial charge on any atom is -0.440 e. The van der Waals surface area contributed by atoms with Crippen LogP contribution in [0.5, 0.6) is 11.6 Å². The Morgan fingerprint density at radius 2 is 1.76 bits per heavy atom. The zero-order valence-electron chi connectivity index (χ0n) is 16.9. The average molecular weight is 389 g/mol. The molecule has 1 N–H and O–H groups in total. The number of nitrogens with zero attached hydrogens (tertiary/aromatic N) is 2. The Balaban J connectivity index is 2.10. The van der Waals surface area contributed by atoms with Crippen molar-refractivity contribution in [3.8, 4) is 17.7 Å². The van der Waals surface area contributed by atoms with Gasteiger partial charge in [0.15, 0.2) is 0 Å². The number of hydrogen-bond acceptors (Lipinski definition) is 4. The molecule has 29 heavy (non-hydrogen) atoms. The first-order valence-corrected chi connectivity index (χ1v) is 9.41. The van der Waals surface area contributed by atoms with Crippen molar-refractivity contribution in [3.05, 3.63) is 91.1 Å². The van der Waals surface area contributed by atoms with Crippen molar-refractivity contribution < 1.29 is 4.74 Å². The molecule has 0 bridgehead atoms. The molecule has 0 aliphatic carbocycles. The second-order valence-corrected chi connectivity index (χ2v) is 7.41. The maximum atomic E-state index is 13.2. The van der Waals surface area contributed by atoms with Gasteiger partial charge in [-0.1, -0.05) is 38.1 Å². The molecule has 0 atom stereocenters. The van der Waals surface area contributed by atoms with Crippen LogP contribution in [-0.4, -0.2) is 9.55 Å². The summed E-state index contributed by atoms with van der Waals surface area (Å²) in [7, 11) is 0. The highest BCUT2D eigenvalue weighted by molar-refractivity contribution is 5.39. The molecule has 3 aromatic rings. The number of benzene rings is 2. The lowest BCUT2D eigenvalue weighted by Gasteiger charge is -2.16. The minimum atomic E-state index is -0.577. The Kier molecular flexibility index (Phi) is 5.69. The highest BCUT2D eigenvalue weighted by atomic mass is 16.5. The SMILES string of the molecule is Cc1cc(C)cc(Oc2[nH]c(=O)n(Cc3ccccc3C#N)c(=O)c2C(C)C)c1. The minimum absolute atomic E-state index is 0.0153. The van der Waals surface area contributed by atoms with Crippen LogP contribution < -0.4 is 16.0 Å². The van der Waals surface area contributed by atoms with E-state index < -0.39 is 11.2 Å². The standard InChI is InChI=1S/C23H23N3O3/c1-14(2)20-21(29-19-10-15(3)9-16(4)11-19)25-23(28)26(22(20)27)13-18-8-6-5-7-17(18)12-24/h5-11,14H,13H2,1-4H3,(H,25,28). The van der Waals surface area contributed by atoms with Crippen LogP contribution >= 0.6 is 0 Å². The van der Waals surface area contributed by atoms with Gasteiger partial charge in [-0.2, -0.15) is 5.26 Å². The number of aryl methyl sites for hydroxylation is 2. The van der Waals surface area contributed by atoms with E-state index in [2.05, 4.69) is 11.1 Å². The van der Waals surface area contributed by atoms with Gasteiger partial charge in [-0.3, -0.25) is 14.3 Å². The van der Waals surface area contributed by atoms with Crippen LogP contribution in [0, 0.1) is 25.2 Å². The second-order valence-electron chi connectivity index (χ2n) is 7.41. The fraction of sp³-hybridized carbons (Fsp3) is 0.261. The first kappa shape index (κ1) is 20.2. The molecule has 1 heterocycles. The first-order chi connectivity index (χ1) is 13.8. The van der Waals surface area contributed by atoms with Gasteiger partial charge in [0.1, 0.15) is 5.75 Å². The van der Waals surface area contributed by atoms with Gasteiger partial charge in [-0.15, -0.1) is 0 Å². The number of aromatic amines is 1. The maximum Gasteiger partial charge on any atom is 0.331 e. The van der Waals surface area contributed by atoms with E-state index in [4.69, 9.17) is 4.74 Å². The van der Waals surface area contributed by atoms with Crippen molar-refractivity contribution in [1.82, 2.24) is 9.55 Å². The molecule has 0 radical (unpaired) electrons. The van der Waals surface area contributed by atoms with E-state index >= 15 is 0 Å². The Morgan fingerprint density at radius 3 is 2.38 bits per heavy atom. The molecule has 0 unspecified atom stereocenters. The van der Waals surface area contributed by atoms with Gasteiger partial charge in [-0.05, 0) is 54.7 Å². The summed E-state index contributed by atoms with van der Waals surface area (Å²) < 4.78 is 7.03. The average Bonchev–Trinajstić information content (AvgIpc) is 2.64. The summed E-state index contributed by atoms with van der Waals surface area (Å²) in [5, 5.41) is 9.29. The number of ether oxygens (including phenoxy) is 1. The third kappa shape index (κ3) is 4.30. The third-order valence-corrected chi connectivity index (χ3v) is 4.64. The molecular formula is C23H23N3O3. The normalized spacial score (nSPS) is 10.8. The lowest BCUT2D eigenvalue weighted by molar-refractivity contribution is 0.440. The smallest absolute Gasteiger partial charge is 0.331 e. The van der Waals surface area contributed by atoms with Crippen molar-refractivity contribution in [1.29, 1.82) is 5.26 Å². The van der Waals surface area contributed by atoms with Gasteiger partial charge in [-0.25, -0.2) is 4.79 Å². The van der Waals surface area contributed by atoms with E-state index in [1.807, 2.05) is 45.9 Å². The topological polar surface area (TPSA) is 87.9 Å². The predicted octanol–water partition coefficient (Wildman–Crippen LogP) is 3.99. The summed E-state index contributed by atoms with van der Waals surface area (Å²) in [5.41, 5.74) is 2.48. The highest BCUT2D eigenvalue weighted by Crippen LogP contribution is 2.26. The largest absolute Gasteiger partial charge is 0.440 e. The van der Waals surface area contributed by atoms with Crippen LogP contribution in [0.15, 0.2) is 52.1 Å². The molecule has 6 heteroatoms. The van der Waals surface area contributed by atoms with E-state index in [0.717, 1.165) is 15.7 Å². The summed E-state index contributed by atoms with van der Waals surface area (Å²) in [4.78, 5) is 28.6. The lowest BCUT2D eigenvalue weighted by atomic mass is 10.1. The van der Waals surface area contributed by atoms with Crippen molar-refractivity contribution in [2.75, 3.05) is 0 Å². The number of nitriles is 1. The summed E-state index contributed by atoms with van der Waals surface area (Å²) in [6, 6.07) is 14.7. The molecule has 1 aromatic heterocycles. The van der Waals surface area contributed by atoms with Crippen molar-refractivity contribution in [2.24, 2.45) is 0 Å². The Bertz CT molecular complexity index is 1190. The third-order valence-electron chi connectivity index (χ3n) is 4.64. The zero-order chi connectivity index (χ0) is 21.1. The van der Waals surface area contributed by atoms with Gasteiger partial charge < -0.3 is 4.74 Å². The van der Waals surface area contributed by atoms with Gasteiger partial charge >= 0.3 is 5.69 Å². The molecule has 0 aliphatic rings. The predicted molar refractivity (Wildman–Crippen MR) is 112 cm³/mol. The summed E-state index contributed by atoms with van der Waals surface area (Å²) in [6.45, 7) is 7.67. The van der Waals surface area contributed by atoms with E-state index in [0.29, 0.717) is 22.4 Å². The van der Waals surface area contributed by atoms with Gasteiger partial charge in [0.25, 0.3) is 5.56 Å². The van der Waals surface area contributed by atoms with Crippen molar-refractivity contribution >= 4 is 0 Å². The fourth-order valence-corrected chi connectivity index (χ4v) is 3.35. The number of hydrogen-bond donors (Lipinski definition) is 1. The van der Waals surface area contributed by atoms with Crippen molar-refractivity contribution in [3.63, 3.8) is 0 Å². The molecular weight excluding hydrogens is 366 g/mol. The molecule has 2 aromatic carbocycles. The molecule has 0 saturated heterocycles. The van der Waals surface area contributed by atoms with Gasteiger partial charge in [0.05, 0.1) is 23.7 Å². The second kappa shape index (κ2) is 8.19. The molecule has 0 amide bonds. The van der Waals surface area contributed by atoms with Gasteiger partial charge in [0.2, 0.25) is 5.88 Å². The number of H-pyrrole nitrogens is 1. The maximum absolute atomic E-state index is 13.2.